The van der Waals surface area contributed by atoms with Crippen LogP contribution in [0.4, 0.5) is 11.8 Å². The van der Waals surface area contributed by atoms with Gasteiger partial charge in [-0.3, -0.25) is 0 Å². The number of rotatable bonds is 7. The molecule has 0 radical (unpaired) electrons. The Kier molecular flexibility index (Phi) is 10.4. The van der Waals surface area contributed by atoms with E-state index in [0.29, 0.717) is 48.9 Å². The molecule has 0 unspecified atom stereocenters. The van der Waals surface area contributed by atoms with Crippen LogP contribution in [0, 0.1) is 6.92 Å². The first kappa shape index (κ1) is 31.7. The number of halogens is 2. The van der Waals surface area contributed by atoms with Crippen LogP contribution < -0.4 is 16.4 Å². The van der Waals surface area contributed by atoms with E-state index in [0.717, 1.165) is 61.1 Å². The maximum atomic E-state index is 13.2. The molecule has 2 aliphatic carbocycles. The Hall–Kier alpha value is -2.18. The fraction of sp³-hybridized carbons (Fsp3) is 0.607. The summed E-state index contributed by atoms with van der Waals surface area (Å²) >= 11 is 0. The lowest BCUT2D eigenvalue weighted by molar-refractivity contribution is 0.329. The average Bonchev–Trinajstić information content (AvgIpc) is 3.61. The Morgan fingerprint density at radius 1 is 0.854 bits per heavy atom. The average molecular weight is 626 g/mol. The van der Waals surface area contributed by atoms with Gasteiger partial charge in [-0.25, -0.2) is 13.4 Å². The number of nitrogens with two attached hydrogens (primary N) is 1. The van der Waals surface area contributed by atoms with Gasteiger partial charge in [-0.05, 0) is 70.4 Å². The van der Waals surface area contributed by atoms with Crippen LogP contribution in [0.2, 0.25) is 0 Å². The Morgan fingerprint density at radius 3 is 2.15 bits per heavy atom. The van der Waals surface area contributed by atoms with E-state index in [1.54, 1.807) is 16.4 Å². The van der Waals surface area contributed by atoms with E-state index in [9.17, 15) is 8.42 Å². The molecule has 1 aliphatic heterocycles. The molecule has 0 amide bonds. The van der Waals surface area contributed by atoms with E-state index < -0.39 is 10.0 Å². The largest absolute Gasteiger partial charge is 0.365 e. The first-order valence-electron chi connectivity index (χ1n) is 14.5. The van der Waals surface area contributed by atoms with E-state index in [4.69, 9.17) is 20.7 Å². The monoisotopic (exact) mass is 624 g/mol. The van der Waals surface area contributed by atoms with E-state index in [2.05, 4.69) is 15.2 Å². The second kappa shape index (κ2) is 13.4. The Balaban J connectivity index is 0.00000194. The van der Waals surface area contributed by atoms with Crippen molar-refractivity contribution in [1.82, 2.24) is 23.8 Å². The molecule has 1 aromatic carbocycles. The van der Waals surface area contributed by atoms with Gasteiger partial charge in [0.05, 0.1) is 11.2 Å². The van der Waals surface area contributed by atoms with E-state index in [1.165, 1.54) is 12.8 Å². The number of nitrogens with one attached hydrogen (secondary N) is 2. The first-order chi connectivity index (χ1) is 18.9. The minimum absolute atomic E-state index is 0. The summed E-state index contributed by atoms with van der Waals surface area (Å²) < 4.78 is 30.2. The molecule has 0 bridgehead atoms. The predicted octanol–water partition coefficient (Wildman–Crippen LogP) is 5.04. The van der Waals surface area contributed by atoms with Crippen LogP contribution in [-0.4, -0.2) is 63.5 Å². The number of fused-ring (bicyclic) bond motifs is 1. The van der Waals surface area contributed by atoms with E-state index >= 15 is 0 Å². The highest BCUT2D eigenvalue weighted by Crippen LogP contribution is 2.34. The number of hydrogen-bond donors (Lipinski definition) is 3. The van der Waals surface area contributed by atoms with Crippen molar-refractivity contribution >= 4 is 57.8 Å². The lowest BCUT2D eigenvalue weighted by atomic mass is 9.92. The van der Waals surface area contributed by atoms with Crippen LogP contribution in [0.5, 0.6) is 0 Å². The summed E-state index contributed by atoms with van der Waals surface area (Å²) in [6, 6.07) is 8.21. The summed E-state index contributed by atoms with van der Waals surface area (Å²) in [6.45, 7) is 2.89. The molecule has 3 aromatic rings. The number of hydrogen-bond acceptors (Lipinski definition) is 8. The van der Waals surface area contributed by atoms with Crippen LogP contribution in [0.1, 0.15) is 75.8 Å². The van der Waals surface area contributed by atoms with E-state index in [1.807, 2.05) is 25.4 Å². The quantitative estimate of drug-likeness (QED) is 0.333. The van der Waals surface area contributed by atoms with Gasteiger partial charge in [-0.15, -0.1) is 24.8 Å². The van der Waals surface area contributed by atoms with Gasteiger partial charge < -0.3 is 20.9 Å². The summed E-state index contributed by atoms with van der Waals surface area (Å²) in [7, 11) is -3.50. The van der Waals surface area contributed by atoms with Gasteiger partial charge in [0, 0.05) is 37.3 Å². The van der Waals surface area contributed by atoms with Crippen molar-refractivity contribution < 1.29 is 8.42 Å². The molecular weight excluding hydrogens is 583 g/mol. The number of benzene rings is 1. The molecule has 3 fully saturated rings. The number of aromatic nitrogens is 4. The predicted molar refractivity (Wildman–Crippen MR) is 168 cm³/mol. The van der Waals surface area contributed by atoms with Crippen LogP contribution in [0.25, 0.3) is 11.2 Å². The summed E-state index contributed by atoms with van der Waals surface area (Å²) in [5.74, 6) is 1.36. The van der Waals surface area contributed by atoms with Crippen molar-refractivity contribution in [3.63, 3.8) is 0 Å². The zero-order valence-electron chi connectivity index (χ0n) is 23.5. The van der Waals surface area contributed by atoms with Crippen molar-refractivity contribution in [3.05, 3.63) is 36.2 Å². The van der Waals surface area contributed by atoms with Crippen molar-refractivity contribution in [1.29, 1.82) is 0 Å². The molecule has 3 heterocycles. The molecule has 226 valence electrons. The topological polar surface area (TPSA) is 131 Å². The molecule has 2 saturated carbocycles. The standard InChI is InChI=1S/C28H40N8O2S.2ClH/c1-19-6-12-24(13-7-19)39(37,38)35-16-14-22(15-17-35)31-26-25-27(36(18-30-25)23-4-2-3-5-23)34-28(33-26)32-21-10-8-20(29)9-11-21;;/h6-7,12-13,18,20-23H,2-5,8-11,14-17,29H2,1H3,(H2,31,32,33,34);2*1H. The zero-order valence-corrected chi connectivity index (χ0v) is 26.0. The van der Waals surface area contributed by atoms with Gasteiger partial charge >= 0.3 is 0 Å². The summed E-state index contributed by atoms with van der Waals surface area (Å²) in [5.41, 5.74) is 8.82. The highest BCUT2D eigenvalue weighted by Gasteiger charge is 2.31. The third kappa shape index (κ3) is 6.91. The highest BCUT2D eigenvalue weighted by molar-refractivity contribution is 7.89. The second-order valence-corrected chi connectivity index (χ2v) is 13.5. The fourth-order valence-corrected chi connectivity index (χ4v) is 7.74. The molecule has 3 aliphatic rings. The molecule has 4 N–H and O–H groups in total. The smallest absolute Gasteiger partial charge is 0.243 e. The Morgan fingerprint density at radius 2 is 1.49 bits per heavy atom. The number of piperidine rings is 1. The van der Waals surface area contributed by atoms with Crippen LogP contribution >= 0.6 is 24.8 Å². The van der Waals surface area contributed by atoms with Crippen molar-refractivity contribution in [2.75, 3.05) is 23.7 Å². The zero-order chi connectivity index (χ0) is 27.0. The number of imidazole rings is 1. The number of aryl methyl sites for hydroxylation is 1. The van der Waals surface area contributed by atoms with Crippen LogP contribution in [0.3, 0.4) is 0 Å². The van der Waals surface area contributed by atoms with Gasteiger partial charge in [0.15, 0.2) is 17.0 Å². The molecule has 0 spiro atoms. The third-order valence-corrected chi connectivity index (χ3v) is 10.6. The highest BCUT2D eigenvalue weighted by atomic mass is 35.5. The molecule has 13 heteroatoms. The lowest BCUT2D eigenvalue weighted by Gasteiger charge is -2.32. The lowest BCUT2D eigenvalue weighted by Crippen LogP contribution is -2.42. The Labute approximate surface area is 255 Å². The third-order valence-electron chi connectivity index (χ3n) is 8.70. The number of sulfonamides is 1. The van der Waals surface area contributed by atoms with Gasteiger partial charge in [0.25, 0.3) is 0 Å². The normalized spacial score (nSPS) is 22.7. The van der Waals surface area contributed by atoms with Gasteiger partial charge in [-0.1, -0.05) is 30.5 Å². The van der Waals surface area contributed by atoms with Crippen LogP contribution in [0.15, 0.2) is 35.5 Å². The van der Waals surface area contributed by atoms with Gasteiger partial charge in [0.1, 0.15) is 0 Å². The second-order valence-electron chi connectivity index (χ2n) is 11.5. The molecule has 41 heavy (non-hydrogen) atoms. The minimum Gasteiger partial charge on any atom is -0.365 e. The first-order valence-corrected chi connectivity index (χ1v) is 15.9. The molecular formula is C28H42Cl2N8O2S. The molecule has 1 saturated heterocycles. The molecule has 10 nitrogen and oxygen atoms in total. The SMILES string of the molecule is Cc1ccc(S(=O)(=O)N2CCC(Nc3nc(NC4CCC(N)CC4)nc4c3ncn4C3CCCC3)CC2)cc1.Cl.Cl. The summed E-state index contributed by atoms with van der Waals surface area (Å²) in [4.78, 5) is 15.0. The molecule has 0 atom stereocenters. The van der Waals surface area contributed by atoms with Crippen LogP contribution in [-0.2, 0) is 10.0 Å². The van der Waals surface area contributed by atoms with Gasteiger partial charge in [-0.2, -0.15) is 14.3 Å². The number of nitrogens with zero attached hydrogens (tertiary/aromatic N) is 5. The molecule has 6 rings (SSSR count). The maximum absolute atomic E-state index is 13.2. The summed E-state index contributed by atoms with van der Waals surface area (Å²) in [6.07, 6.45) is 12.1. The fourth-order valence-electron chi connectivity index (χ4n) is 6.27. The van der Waals surface area contributed by atoms with Crippen molar-refractivity contribution in [2.45, 2.75) is 100 Å². The van der Waals surface area contributed by atoms with Crippen molar-refractivity contribution in [3.8, 4) is 0 Å². The van der Waals surface area contributed by atoms with Gasteiger partial charge in [0.2, 0.25) is 16.0 Å². The number of anilines is 2. The Bertz CT molecular complexity index is 1400. The van der Waals surface area contributed by atoms with Crippen molar-refractivity contribution in [2.24, 2.45) is 5.73 Å². The maximum Gasteiger partial charge on any atom is 0.243 e. The molecule has 2 aromatic heterocycles. The van der Waals surface area contributed by atoms with E-state index in [-0.39, 0.29) is 36.9 Å². The minimum atomic E-state index is -3.50. The summed E-state index contributed by atoms with van der Waals surface area (Å²) in [5, 5.41) is 7.20.